The van der Waals surface area contributed by atoms with Crippen LogP contribution in [0.2, 0.25) is 0 Å². The van der Waals surface area contributed by atoms with E-state index in [2.05, 4.69) is 25.2 Å². The molecule has 0 saturated carbocycles. The minimum absolute atomic E-state index is 0.622. The third kappa shape index (κ3) is 4.17. The predicted molar refractivity (Wildman–Crippen MR) is 82.9 cm³/mol. The molecule has 0 saturated heterocycles. The van der Waals surface area contributed by atoms with E-state index in [1.165, 1.54) is 5.57 Å². The van der Waals surface area contributed by atoms with Gasteiger partial charge in [-0.25, -0.2) is 0 Å². The molecule has 0 radical (unpaired) electrons. The molecule has 1 aromatic rings. The first-order valence-electron chi connectivity index (χ1n) is 6.90. The van der Waals surface area contributed by atoms with E-state index in [9.17, 15) is 0 Å². The highest BCUT2D eigenvalue weighted by molar-refractivity contribution is 5.63. The fourth-order valence-corrected chi connectivity index (χ4v) is 1.98. The smallest absolute Gasteiger partial charge is 0.203 e. The van der Waals surface area contributed by atoms with Gasteiger partial charge in [0.25, 0.3) is 0 Å². The first-order chi connectivity index (χ1) is 9.69. The second kappa shape index (κ2) is 8.48. The molecule has 1 rings (SSSR count). The first-order valence-corrected chi connectivity index (χ1v) is 6.90. The van der Waals surface area contributed by atoms with Crippen molar-refractivity contribution in [1.82, 2.24) is 5.32 Å². The molecule has 0 bridgehead atoms. The van der Waals surface area contributed by atoms with Crippen molar-refractivity contribution in [3.63, 3.8) is 0 Å². The monoisotopic (exact) mass is 279 g/mol. The Kier molecular flexibility index (Phi) is 6.94. The lowest BCUT2D eigenvalue weighted by Gasteiger charge is -2.13. The second-order valence-electron chi connectivity index (χ2n) is 4.40. The van der Waals surface area contributed by atoms with E-state index < -0.39 is 0 Å². The largest absolute Gasteiger partial charge is 0.493 e. The van der Waals surface area contributed by atoms with E-state index in [4.69, 9.17) is 14.2 Å². The highest BCUT2D eigenvalue weighted by Gasteiger charge is 2.12. The summed E-state index contributed by atoms with van der Waals surface area (Å²) >= 11 is 0. The zero-order chi connectivity index (χ0) is 15.0. The lowest BCUT2D eigenvalue weighted by Crippen LogP contribution is -2.15. The molecule has 0 heterocycles. The SMILES string of the molecule is CCNCC(=Cc1cc(OC)c(OC)c(OC)c1)CC. The normalized spacial score (nSPS) is 11.3. The maximum absolute atomic E-state index is 5.37. The van der Waals surface area contributed by atoms with Gasteiger partial charge in [-0.1, -0.05) is 25.5 Å². The first kappa shape index (κ1) is 16.4. The van der Waals surface area contributed by atoms with Gasteiger partial charge in [0, 0.05) is 6.54 Å². The van der Waals surface area contributed by atoms with Gasteiger partial charge in [-0.3, -0.25) is 0 Å². The lowest BCUT2D eigenvalue weighted by atomic mass is 10.1. The van der Waals surface area contributed by atoms with Crippen LogP contribution in [0, 0.1) is 0 Å². The molecule has 0 amide bonds. The summed E-state index contributed by atoms with van der Waals surface area (Å²) in [7, 11) is 4.87. The summed E-state index contributed by atoms with van der Waals surface area (Å²) in [5, 5.41) is 3.34. The number of hydrogen-bond donors (Lipinski definition) is 1. The number of benzene rings is 1. The summed E-state index contributed by atoms with van der Waals surface area (Å²) in [6, 6.07) is 3.92. The predicted octanol–water partition coefficient (Wildman–Crippen LogP) is 3.12. The second-order valence-corrected chi connectivity index (χ2v) is 4.40. The molecule has 0 aromatic heterocycles. The molecule has 4 heteroatoms. The van der Waals surface area contributed by atoms with Crippen LogP contribution in [-0.2, 0) is 0 Å². The molecule has 0 aliphatic rings. The fourth-order valence-electron chi connectivity index (χ4n) is 1.98. The van der Waals surface area contributed by atoms with E-state index >= 15 is 0 Å². The van der Waals surface area contributed by atoms with Crippen LogP contribution in [0.1, 0.15) is 25.8 Å². The van der Waals surface area contributed by atoms with Gasteiger partial charge in [-0.05, 0) is 30.7 Å². The highest BCUT2D eigenvalue weighted by atomic mass is 16.5. The van der Waals surface area contributed by atoms with E-state index in [0.717, 1.165) is 25.1 Å². The molecule has 0 atom stereocenters. The van der Waals surface area contributed by atoms with Gasteiger partial charge < -0.3 is 19.5 Å². The number of likely N-dealkylation sites (N-methyl/N-ethyl adjacent to an activating group) is 1. The summed E-state index contributed by atoms with van der Waals surface area (Å²) in [4.78, 5) is 0. The summed E-state index contributed by atoms with van der Waals surface area (Å²) in [5.74, 6) is 1.98. The van der Waals surface area contributed by atoms with Crippen molar-refractivity contribution in [3.8, 4) is 17.2 Å². The summed E-state index contributed by atoms with van der Waals surface area (Å²) in [6.45, 7) is 6.12. The van der Waals surface area contributed by atoms with Crippen LogP contribution in [0.25, 0.3) is 6.08 Å². The van der Waals surface area contributed by atoms with Crippen LogP contribution in [0.3, 0.4) is 0 Å². The van der Waals surface area contributed by atoms with Gasteiger partial charge in [0.05, 0.1) is 21.3 Å². The van der Waals surface area contributed by atoms with E-state index in [1.807, 2.05) is 12.1 Å². The van der Waals surface area contributed by atoms with Crippen molar-refractivity contribution in [1.29, 1.82) is 0 Å². The Balaban J connectivity index is 3.14. The van der Waals surface area contributed by atoms with E-state index in [1.54, 1.807) is 21.3 Å². The molecule has 0 aliphatic carbocycles. The molecular weight excluding hydrogens is 254 g/mol. The Bertz CT molecular complexity index is 430. The van der Waals surface area contributed by atoms with Crippen LogP contribution >= 0.6 is 0 Å². The van der Waals surface area contributed by atoms with Gasteiger partial charge in [0.2, 0.25) is 5.75 Å². The summed E-state index contributed by atoms with van der Waals surface area (Å²) in [6.07, 6.45) is 3.16. The van der Waals surface area contributed by atoms with E-state index in [0.29, 0.717) is 17.2 Å². The van der Waals surface area contributed by atoms with Crippen molar-refractivity contribution in [2.75, 3.05) is 34.4 Å². The molecule has 1 aromatic carbocycles. The number of methoxy groups -OCH3 is 3. The molecule has 112 valence electrons. The molecule has 1 N–H and O–H groups in total. The molecule has 0 spiro atoms. The zero-order valence-electron chi connectivity index (χ0n) is 13.1. The van der Waals surface area contributed by atoms with Crippen LogP contribution in [-0.4, -0.2) is 34.4 Å². The van der Waals surface area contributed by atoms with Crippen molar-refractivity contribution in [2.45, 2.75) is 20.3 Å². The molecule has 20 heavy (non-hydrogen) atoms. The average Bonchev–Trinajstić information content (AvgIpc) is 2.50. The molecular formula is C16H25NO3. The van der Waals surface area contributed by atoms with Crippen molar-refractivity contribution in [3.05, 3.63) is 23.3 Å². The Labute approximate surface area is 121 Å². The minimum atomic E-state index is 0.622. The Morgan fingerprint density at radius 3 is 2.05 bits per heavy atom. The number of hydrogen-bond acceptors (Lipinski definition) is 4. The number of rotatable bonds is 8. The number of ether oxygens (including phenoxy) is 3. The molecule has 4 nitrogen and oxygen atoms in total. The molecule has 0 fully saturated rings. The van der Waals surface area contributed by atoms with Crippen LogP contribution < -0.4 is 19.5 Å². The summed E-state index contributed by atoms with van der Waals surface area (Å²) in [5.41, 5.74) is 2.38. The van der Waals surface area contributed by atoms with Gasteiger partial charge in [-0.15, -0.1) is 0 Å². The van der Waals surface area contributed by atoms with Gasteiger partial charge in [0.1, 0.15) is 0 Å². The highest BCUT2D eigenvalue weighted by Crippen LogP contribution is 2.38. The van der Waals surface area contributed by atoms with E-state index in [-0.39, 0.29) is 0 Å². The van der Waals surface area contributed by atoms with Crippen molar-refractivity contribution in [2.24, 2.45) is 0 Å². The fraction of sp³-hybridized carbons (Fsp3) is 0.500. The Hall–Kier alpha value is -1.68. The van der Waals surface area contributed by atoms with Gasteiger partial charge in [-0.2, -0.15) is 0 Å². The van der Waals surface area contributed by atoms with Crippen molar-refractivity contribution < 1.29 is 14.2 Å². The lowest BCUT2D eigenvalue weighted by molar-refractivity contribution is 0.324. The van der Waals surface area contributed by atoms with Crippen LogP contribution in [0.15, 0.2) is 17.7 Å². The average molecular weight is 279 g/mol. The molecule has 0 aliphatic heterocycles. The van der Waals surface area contributed by atoms with Crippen molar-refractivity contribution >= 4 is 6.08 Å². The van der Waals surface area contributed by atoms with Crippen LogP contribution in [0.5, 0.6) is 17.2 Å². The Morgan fingerprint density at radius 2 is 1.65 bits per heavy atom. The maximum atomic E-state index is 5.37. The van der Waals surface area contributed by atoms with Gasteiger partial charge >= 0.3 is 0 Å². The Morgan fingerprint density at radius 1 is 1.05 bits per heavy atom. The zero-order valence-corrected chi connectivity index (χ0v) is 13.1. The third-order valence-corrected chi connectivity index (χ3v) is 3.11. The van der Waals surface area contributed by atoms with Gasteiger partial charge in [0.15, 0.2) is 11.5 Å². The molecule has 0 unspecified atom stereocenters. The quantitative estimate of drug-likeness (QED) is 0.793. The third-order valence-electron chi connectivity index (χ3n) is 3.11. The minimum Gasteiger partial charge on any atom is -0.493 e. The standard InChI is InChI=1S/C16H25NO3/c1-6-12(11-17-7-2)8-13-9-14(18-3)16(20-5)15(10-13)19-4/h8-10,17H,6-7,11H2,1-5H3. The maximum Gasteiger partial charge on any atom is 0.203 e. The number of nitrogens with one attached hydrogen (secondary N) is 1. The summed E-state index contributed by atoms with van der Waals surface area (Å²) < 4.78 is 16.1. The van der Waals surface area contributed by atoms with Crippen LogP contribution in [0.4, 0.5) is 0 Å². The topological polar surface area (TPSA) is 39.7 Å².